The van der Waals surface area contributed by atoms with Crippen molar-refractivity contribution in [2.24, 2.45) is 0 Å². The van der Waals surface area contributed by atoms with Gasteiger partial charge in [0.05, 0.1) is 11.5 Å². The third kappa shape index (κ3) is 7.77. The molecule has 0 aromatic heterocycles. The summed E-state index contributed by atoms with van der Waals surface area (Å²) in [5.41, 5.74) is 1.03. The molecule has 1 aliphatic heterocycles. The van der Waals surface area contributed by atoms with Gasteiger partial charge >= 0.3 is 0 Å². The largest absolute Gasteiger partial charge is 0.370 e. The summed E-state index contributed by atoms with van der Waals surface area (Å²) >= 11 is 0. The molecule has 5 heteroatoms. The van der Waals surface area contributed by atoms with Gasteiger partial charge in [0.15, 0.2) is 0 Å². The molecule has 1 aromatic rings. The van der Waals surface area contributed by atoms with Crippen LogP contribution in [0.15, 0.2) is 29.2 Å². The number of unbranched alkanes of at least 4 members (excludes halogenated alkanes) is 8. The first kappa shape index (κ1) is 21.4. The van der Waals surface area contributed by atoms with Crippen molar-refractivity contribution in [2.75, 3.05) is 6.61 Å². The smallest absolute Gasteiger partial charge is 0.297 e. The lowest BCUT2D eigenvalue weighted by Gasteiger charge is -2.15. The minimum Gasteiger partial charge on any atom is -0.370 e. The van der Waals surface area contributed by atoms with Crippen LogP contribution in [0, 0.1) is 6.92 Å². The van der Waals surface area contributed by atoms with Crippen molar-refractivity contribution in [1.29, 1.82) is 0 Å². The minimum atomic E-state index is -3.72. The van der Waals surface area contributed by atoms with Crippen LogP contribution in [0.25, 0.3) is 0 Å². The van der Waals surface area contributed by atoms with Gasteiger partial charge in [-0.1, -0.05) is 82.4 Å². The molecule has 0 aliphatic carbocycles. The van der Waals surface area contributed by atoms with Crippen molar-refractivity contribution >= 4 is 10.1 Å². The predicted molar refractivity (Wildman–Crippen MR) is 105 cm³/mol. The first-order chi connectivity index (χ1) is 12.5. The summed E-state index contributed by atoms with van der Waals surface area (Å²) in [6.45, 7) is 4.77. The number of rotatable bonds is 14. The topological polar surface area (TPSA) is 55.9 Å². The second kappa shape index (κ2) is 11.1. The van der Waals surface area contributed by atoms with Crippen LogP contribution in [-0.2, 0) is 19.0 Å². The Morgan fingerprint density at radius 1 is 1.00 bits per heavy atom. The van der Waals surface area contributed by atoms with Gasteiger partial charge in [0, 0.05) is 0 Å². The quantitative estimate of drug-likeness (QED) is 0.246. The Bertz CT molecular complexity index is 605. The summed E-state index contributed by atoms with van der Waals surface area (Å²) in [6.07, 6.45) is 11.6. The summed E-state index contributed by atoms with van der Waals surface area (Å²) in [6, 6.07) is 6.79. The number of hydrogen-bond donors (Lipinski definition) is 0. The molecule has 1 aliphatic rings. The molecular weight excluding hydrogens is 348 g/mol. The van der Waals surface area contributed by atoms with Crippen molar-refractivity contribution in [3.8, 4) is 0 Å². The number of benzene rings is 1. The molecule has 1 saturated heterocycles. The van der Waals surface area contributed by atoms with Gasteiger partial charge in [0.1, 0.15) is 12.2 Å². The van der Waals surface area contributed by atoms with Gasteiger partial charge in [0.25, 0.3) is 10.1 Å². The number of epoxide rings is 1. The molecular formula is C21H34O4S. The summed E-state index contributed by atoms with van der Waals surface area (Å²) in [4.78, 5) is 0.223. The lowest BCUT2D eigenvalue weighted by Crippen LogP contribution is -2.24. The van der Waals surface area contributed by atoms with E-state index in [2.05, 4.69) is 6.92 Å². The highest BCUT2D eigenvalue weighted by Crippen LogP contribution is 2.26. The standard InChI is InChI=1S/C21H34O4S/c1-3-4-5-6-7-8-9-10-11-12-20(21-17-24-21)25-26(22,23)19-15-13-18(2)14-16-19/h13-16,20-21H,3-12,17H2,1-2H3/t20-,21-/m0/s1. The van der Waals surface area contributed by atoms with E-state index in [1.807, 2.05) is 6.92 Å². The highest BCUT2D eigenvalue weighted by molar-refractivity contribution is 7.86. The van der Waals surface area contributed by atoms with E-state index in [0.717, 1.165) is 24.8 Å². The van der Waals surface area contributed by atoms with Gasteiger partial charge < -0.3 is 4.74 Å². The molecule has 1 aromatic carbocycles. The van der Waals surface area contributed by atoms with E-state index in [9.17, 15) is 8.42 Å². The van der Waals surface area contributed by atoms with Crippen LogP contribution in [0.4, 0.5) is 0 Å². The molecule has 0 radical (unpaired) electrons. The second-order valence-electron chi connectivity index (χ2n) is 7.39. The fraction of sp³-hybridized carbons (Fsp3) is 0.714. The molecule has 0 N–H and O–H groups in total. The van der Waals surface area contributed by atoms with Crippen LogP contribution in [0.1, 0.15) is 76.7 Å². The zero-order chi connectivity index (χ0) is 18.8. The highest BCUT2D eigenvalue weighted by Gasteiger charge is 2.36. The summed E-state index contributed by atoms with van der Waals surface area (Å²) in [7, 11) is -3.72. The molecule has 0 spiro atoms. The molecule has 26 heavy (non-hydrogen) atoms. The molecule has 0 bridgehead atoms. The Balaban J connectivity index is 1.69. The molecule has 2 atom stereocenters. The maximum absolute atomic E-state index is 12.5. The number of ether oxygens (including phenoxy) is 1. The van der Waals surface area contributed by atoms with E-state index in [1.165, 1.54) is 44.9 Å². The van der Waals surface area contributed by atoms with Gasteiger partial charge in [-0.15, -0.1) is 0 Å². The summed E-state index contributed by atoms with van der Waals surface area (Å²) < 4.78 is 35.8. The minimum absolute atomic E-state index is 0.0655. The van der Waals surface area contributed by atoms with Crippen molar-refractivity contribution in [2.45, 2.75) is 95.2 Å². The number of aryl methyl sites for hydroxylation is 1. The van der Waals surface area contributed by atoms with Crippen molar-refractivity contribution in [3.05, 3.63) is 29.8 Å². The van der Waals surface area contributed by atoms with Crippen LogP contribution in [-0.4, -0.2) is 27.2 Å². The van der Waals surface area contributed by atoms with Gasteiger partial charge in [0.2, 0.25) is 0 Å². The van der Waals surface area contributed by atoms with Crippen LogP contribution in [0.2, 0.25) is 0 Å². The van der Waals surface area contributed by atoms with E-state index in [4.69, 9.17) is 8.92 Å². The molecule has 148 valence electrons. The zero-order valence-electron chi connectivity index (χ0n) is 16.3. The SMILES string of the molecule is CCCCCCCCCCC[C@H](OS(=O)(=O)c1ccc(C)cc1)[C@@H]1CO1. The van der Waals surface area contributed by atoms with Crippen molar-refractivity contribution in [1.82, 2.24) is 0 Å². The van der Waals surface area contributed by atoms with E-state index in [-0.39, 0.29) is 17.1 Å². The van der Waals surface area contributed by atoms with Crippen LogP contribution >= 0.6 is 0 Å². The maximum atomic E-state index is 12.5. The van der Waals surface area contributed by atoms with Gasteiger partial charge in [-0.3, -0.25) is 4.18 Å². The number of hydrogen-bond acceptors (Lipinski definition) is 4. The monoisotopic (exact) mass is 382 g/mol. The molecule has 0 saturated carbocycles. The van der Waals surface area contributed by atoms with Gasteiger partial charge in [-0.05, 0) is 25.5 Å². The van der Waals surface area contributed by atoms with E-state index in [1.54, 1.807) is 24.3 Å². The van der Waals surface area contributed by atoms with Crippen LogP contribution in [0.5, 0.6) is 0 Å². The zero-order valence-corrected chi connectivity index (χ0v) is 17.1. The van der Waals surface area contributed by atoms with E-state index < -0.39 is 10.1 Å². The van der Waals surface area contributed by atoms with E-state index in [0.29, 0.717) is 6.61 Å². The fourth-order valence-electron chi connectivity index (χ4n) is 3.15. The summed E-state index contributed by atoms with van der Waals surface area (Å²) in [5.74, 6) is 0. The van der Waals surface area contributed by atoms with Crippen molar-refractivity contribution < 1.29 is 17.3 Å². The summed E-state index contributed by atoms with van der Waals surface area (Å²) in [5, 5.41) is 0. The normalized spacial score (nSPS) is 18.0. The van der Waals surface area contributed by atoms with Gasteiger partial charge in [-0.25, -0.2) is 0 Å². The average molecular weight is 383 g/mol. The Morgan fingerprint density at radius 2 is 1.54 bits per heavy atom. The molecule has 0 unspecified atom stereocenters. The first-order valence-corrected chi connectivity index (χ1v) is 11.6. The Hall–Kier alpha value is -0.910. The molecule has 1 heterocycles. The Labute approximate surface area is 159 Å². The Kier molecular flexibility index (Phi) is 9.09. The molecule has 0 amide bonds. The lowest BCUT2D eigenvalue weighted by atomic mass is 10.0. The lowest BCUT2D eigenvalue weighted by molar-refractivity contribution is 0.153. The first-order valence-electron chi connectivity index (χ1n) is 10.1. The average Bonchev–Trinajstić information content (AvgIpc) is 3.44. The molecule has 4 nitrogen and oxygen atoms in total. The van der Waals surface area contributed by atoms with Crippen molar-refractivity contribution in [3.63, 3.8) is 0 Å². The predicted octanol–water partition coefficient (Wildman–Crippen LogP) is 5.39. The maximum Gasteiger partial charge on any atom is 0.297 e. The van der Waals surface area contributed by atoms with Crippen LogP contribution < -0.4 is 0 Å². The fourth-order valence-corrected chi connectivity index (χ4v) is 4.27. The van der Waals surface area contributed by atoms with Crippen LogP contribution in [0.3, 0.4) is 0 Å². The van der Waals surface area contributed by atoms with E-state index >= 15 is 0 Å². The Morgan fingerprint density at radius 3 is 2.08 bits per heavy atom. The molecule has 1 fully saturated rings. The highest BCUT2D eigenvalue weighted by atomic mass is 32.2. The third-order valence-electron chi connectivity index (χ3n) is 4.93. The molecule has 2 rings (SSSR count). The van der Waals surface area contributed by atoms with Gasteiger partial charge in [-0.2, -0.15) is 8.42 Å². The second-order valence-corrected chi connectivity index (χ2v) is 8.96. The third-order valence-corrected chi connectivity index (χ3v) is 6.28.